The molecule has 0 aromatic rings. The molecule has 0 aromatic heterocycles. The van der Waals surface area contributed by atoms with Gasteiger partial charge in [0.1, 0.15) is 6.23 Å². The van der Waals surface area contributed by atoms with Crippen LogP contribution in [0.2, 0.25) is 0 Å². The highest BCUT2D eigenvalue weighted by Gasteiger charge is 2.05. The van der Waals surface area contributed by atoms with Gasteiger partial charge in [-0.15, -0.1) is 0 Å². The molecule has 1 atom stereocenters. The Kier molecular flexibility index (Phi) is 15.3. The number of aliphatic hydroxyl groups excluding tert-OH is 1. The monoisotopic (exact) mass is 328 g/mol. The summed E-state index contributed by atoms with van der Waals surface area (Å²) in [5.41, 5.74) is 0. The van der Waals surface area contributed by atoms with Gasteiger partial charge in [-0.1, -0.05) is 38.3 Å². The van der Waals surface area contributed by atoms with Crippen molar-refractivity contribution in [3.63, 3.8) is 0 Å². The highest BCUT2D eigenvalue weighted by atomic mass is 16.4. The van der Waals surface area contributed by atoms with E-state index in [9.17, 15) is 9.90 Å². The molecule has 0 spiro atoms. The minimum absolute atomic E-state index is 0.0663. The van der Waals surface area contributed by atoms with Gasteiger partial charge < -0.3 is 10.2 Å². The highest BCUT2D eigenvalue weighted by Crippen LogP contribution is 2.08. The molecule has 0 bridgehead atoms. The zero-order valence-corrected chi connectivity index (χ0v) is 15.0. The number of aliphatic carboxylic acids is 1. The lowest BCUT2D eigenvalue weighted by Gasteiger charge is -2.16. The van der Waals surface area contributed by atoms with Gasteiger partial charge in [0, 0.05) is 0 Å². The molecule has 0 aromatic carbocycles. The summed E-state index contributed by atoms with van der Waals surface area (Å²) in [5, 5.41) is 21.6. The van der Waals surface area contributed by atoms with E-state index in [4.69, 9.17) is 5.11 Å². The number of aliphatic hydroxyl groups is 1. The van der Waals surface area contributed by atoms with Crippen molar-refractivity contribution in [2.24, 2.45) is 0 Å². The predicted molar refractivity (Wildman–Crippen MR) is 95.5 cm³/mol. The van der Waals surface area contributed by atoms with Gasteiger partial charge in [-0.2, -0.15) is 0 Å². The average molecular weight is 328 g/mol. The highest BCUT2D eigenvalue weighted by molar-refractivity contribution is 5.68. The topological polar surface area (TPSA) is 72.8 Å². The molecular weight excluding hydrogens is 292 g/mol. The first-order valence-electron chi connectivity index (χ1n) is 9.03. The third-order valence-electron chi connectivity index (χ3n) is 3.75. The van der Waals surface area contributed by atoms with Crippen LogP contribution >= 0.6 is 0 Å². The molecule has 0 amide bonds. The van der Waals surface area contributed by atoms with Crippen molar-refractivity contribution in [2.75, 3.05) is 26.7 Å². The first kappa shape index (κ1) is 22.1. The van der Waals surface area contributed by atoms with Crippen LogP contribution in [0.1, 0.15) is 64.7 Å². The normalized spacial score (nSPS) is 13.0. The lowest BCUT2D eigenvalue weighted by atomic mass is 10.1. The van der Waals surface area contributed by atoms with Crippen LogP contribution in [0.5, 0.6) is 0 Å². The number of hydrogen-bond donors (Lipinski definition) is 3. The van der Waals surface area contributed by atoms with E-state index < -0.39 is 12.2 Å². The van der Waals surface area contributed by atoms with Gasteiger partial charge in [0.25, 0.3) is 0 Å². The van der Waals surface area contributed by atoms with E-state index in [1.807, 2.05) is 0 Å². The molecule has 0 aliphatic carbocycles. The molecular formula is C18H36N2O3. The number of likely N-dealkylation sites (N-methyl/N-ethyl adjacent to an activating group) is 1. The molecule has 0 rings (SSSR count). The van der Waals surface area contributed by atoms with Gasteiger partial charge in [0.2, 0.25) is 0 Å². The summed E-state index contributed by atoms with van der Waals surface area (Å²) < 4.78 is 0. The van der Waals surface area contributed by atoms with Crippen LogP contribution in [-0.4, -0.2) is 54.0 Å². The summed E-state index contributed by atoms with van der Waals surface area (Å²) in [6.07, 6.45) is 14.0. The maximum absolute atomic E-state index is 10.5. The molecule has 5 heteroatoms. The van der Waals surface area contributed by atoms with Crippen LogP contribution < -0.4 is 5.32 Å². The van der Waals surface area contributed by atoms with Crippen LogP contribution in [0.15, 0.2) is 12.2 Å². The Morgan fingerprint density at radius 1 is 1.13 bits per heavy atom. The Hall–Kier alpha value is -0.910. The Labute approximate surface area is 141 Å². The summed E-state index contributed by atoms with van der Waals surface area (Å²) in [6.45, 7) is 3.66. The van der Waals surface area contributed by atoms with Crippen molar-refractivity contribution in [3.05, 3.63) is 12.2 Å². The molecule has 5 nitrogen and oxygen atoms in total. The second-order valence-electron chi connectivity index (χ2n) is 6.18. The van der Waals surface area contributed by atoms with E-state index >= 15 is 0 Å². The smallest absolute Gasteiger partial charge is 0.317 e. The molecule has 0 saturated carbocycles. The van der Waals surface area contributed by atoms with Gasteiger partial charge in [-0.3, -0.25) is 15.0 Å². The number of carboxylic acid groups (broad SMARTS) is 1. The van der Waals surface area contributed by atoms with E-state index in [0.29, 0.717) is 0 Å². The predicted octanol–water partition coefficient (Wildman–Crippen LogP) is 3.00. The van der Waals surface area contributed by atoms with E-state index in [-0.39, 0.29) is 6.54 Å². The van der Waals surface area contributed by atoms with E-state index in [1.54, 1.807) is 11.9 Å². The molecule has 3 N–H and O–H groups in total. The Balaban J connectivity index is 3.32. The fraction of sp³-hybridized carbons (Fsp3) is 0.833. The van der Waals surface area contributed by atoms with E-state index in [1.165, 1.54) is 32.1 Å². The maximum Gasteiger partial charge on any atom is 0.317 e. The van der Waals surface area contributed by atoms with Crippen LogP contribution in [0.25, 0.3) is 0 Å². The number of nitrogens with zero attached hydrogens (tertiary/aromatic N) is 1. The minimum Gasteiger partial charge on any atom is -0.480 e. The van der Waals surface area contributed by atoms with Crippen molar-refractivity contribution < 1.29 is 15.0 Å². The summed E-state index contributed by atoms with van der Waals surface area (Å²) >= 11 is 0. The minimum atomic E-state index is -0.804. The first-order valence-corrected chi connectivity index (χ1v) is 9.03. The Bertz CT molecular complexity index is 309. The van der Waals surface area contributed by atoms with E-state index in [2.05, 4.69) is 24.4 Å². The van der Waals surface area contributed by atoms with Crippen molar-refractivity contribution in [1.29, 1.82) is 0 Å². The van der Waals surface area contributed by atoms with Crippen molar-refractivity contribution in [2.45, 2.75) is 70.9 Å². The maximum atomic E-state index is 10.5. The van der Waals surface area contributed by atoms with Crippen LogP contribution in [0.4, 0.5) is 0 Å². The molecule has 23 heavy (non-hydrogen) atoms. The van der Waals surface area contributed by atoms with E-state index in [0.717, 1.165) is 38.8 Å². The molecule has 1 unspecified atom stereocenters. The van der Waals surface area contributed by atoms with Gasteiger partial charge in [0.05, 0.1) is 6.54 Å². The van der Waals surface area contributed by atoms with Crippen molar-refractivity contribution in [3.8, 4) is 0 Å². The number of rotatable bonds is 16. The molecule has 136 valence electrons. The fourth-order valence-electron chi connectivity index (χ4n) is 2.44. The SMILES string of the molecule is CCC=CCCCCCCCC(O)NCCCN(C)CC(=O)O. The third kappa shape index (κ3) is 17.3. The molecule has 0 fully saturated rings. The molecule has 0 radical (unpaired) electrons. The van der Waals surface area contributed by atoms with Gasteiger partial charge in [0.15, 0.2) is 0 Å². The molecule has 0 aliphatic heterocycles. The zero-order chi connectivity index (χ0) is 17.3. The number of hydrogen-bond acceptors (Lipinski definition) is 4. The van der Waals surface area contributed by atoms with Gasteiger partial charge in [-0.05, 0) is 58.7 Å². The average Bonchev–Trinajstić information content (AvgIpc) is 2.49. The number of carboxylic acids is 1. The second-order valence-corrected chi connectivity index (χ2v) is 6.18. The van der Waals surface area contributed by atoms with Crippen LogP contribution in [0, 0.1) is 0 Å². The Morgan fingerprint density at radius 3 is 2.52 bits per heavy atom. The Morgan fingerprint density at radius 2 is 1.83 bits per heavy atom. The van der Waals surface area contributed by atoms with Crippen LogP contribution in [-0.2, 0) is 4.79 Å². The van der Waals surface area contributed by atoms with Crippen molar-refractivity contribution >= 4 is 5.97 Å². The molecule has 0 aliphatic rings. The van der Waals surface area contributed by atoms with Crippen molar-refractivity contribution in [1.82, 2.24) is 10.2 Å². The lowest BCUT2D eigenvalue weighted by molar-refractivity contribution is -0.137. The zero-order valence-electron chi connectivity index (χ0n) is 15.0. The molecule has 0 saturated heterocycles. The molecule has 0 heterocycles. The number of unbranched alkanes of at least 4 members (excludes halogenated alkanes) is 5. The number of allylic oxidation sites excluding steroid dienone is 2. The lowest BCUT2D eigenvalue weighted by Crippen LogP contribution is -2.33. The van der Waals surface area contributed by atoms with Gasteiger partial charge >= 0.3 is 5.97 Å². The summed E-state index contributed by atoms with van der Waals surface area (Å²) in [4.78, 5) is 12.3. The number of carbonyl (C=O) groups is 1. The summed E-state index contributed by atoms with van der Waals surface area (Å²) in [5.74, 6) is -0.804. The largest absolute Gasteiger partial charge is 0.480 e. The van der Waals surface area contributed by atoms with Gasteiger partial charge in [-0.25, -0.2) is 0 Å². The quantitative estimate of drug-likeness (QED) is 0.231. The number of nitrogens with one attached hydrogen (secondary N) is 1. The summed E-state index contributed by atoms with van der Waals surface area (Å²) in [6, 6.07) is 0. The van der Waals surface area contributed by atoms with Crippen LogP contribution in [0.3, 0.4) is 0 Å². The standard InChI is InChI=1S/C18H36N2O3/c1-3-4-5-6-7-8-9-10-11-13-17(21)19-14-12-15-20(2)16-18(22)23/h4-5,17,19,21H,3,6-16H2,1-2H3,(H,22,23). The first-order chi connectivity index (χ1) is 11.1. The fourth-order valence-corrected chi connectivity index (χ4v) is 2.44. The second kappa shape index (κ2) is 16.0. The third-order valence-corrected chi connectivity index (χ3v) is 3.75. The summed E-state index contributed by atoms with van der Waals surface area (Å²) in [7, 11) is 1.79.